The van der Waals surface area contributed by atoms with Gasteiger partial charge in [-0.3, -0.25) is 4.79 Å². The van der Waals surface area contributed by atoms with E-state index in [2.05, 4.69) is 11.9 Å². The molecule has 1 saturated carbocycles. The predicted molar refractivity (Wildman–Crippen MR) is 75.5 cm³/mol. The molecule has 19 heavy (non-hydrogen) atoms. The third-order valence-electron chi connectivity index (χ3n) is 3.85. The van der Waals surface area contributed by atoms with Gasteiger partial charge in [0, 0.05) is 5.92 Å². The maximum Gasteiger partial charge on any atom is 0.249 e. The fourth-order valence-electron chi connectivity index (χ4n) is 2.63. The number of rotatable bonds is 4. The van der Waals surface area contributed by atoms with Crippen molar-refractivity contribution >= 4 is 5.91 Å². The van der Waals surface area contributed by atoms with E-state index in [-0.39, 0.29) is 17.9 Å². The Bertz CT molecular complexity index is 455. The van der Waals surface area contributed by atoms with E-state index in [1.54, 1.807) is 0 Å². The first-order valence-corrected chi connectivity index (χ1v) is 6.80. The number of benzene rings is 1. The Morgan fingerprint density at radius 1 is 1.42 bits per heavy atom. The van der Waals surface area contributed by atoms with Crippen molar-refractivity contribution in [2.45, 2.75) is 38.3 Å². The molecule has 0 saturated heterocycles. The SMILES string of the molecule is C=C1CCC[C@@H]1[C@@H](O)C(=O)N[C@@H](C)c1ccccc1. The van der Waals surface area contributed by atoms with E-state index >= 15 is 0 Å². The van der Waals surface area contributed by atoms with Crippen molar-refractivity contribution < 1.29 is 9.90 Å². The number of carbonyl (C=O) groups is 1. The lowest BCUT2D eigenvalue weighted by Crippen LogP contribution is -2.40. The third-order valence-corrected chi connectivity index (χ3v) is 3.85. The van der Waals surface area contributed by atoms with Crippen LogP contribution in [0.25, 0.3) is 0 Å². The van der Waals surface area contributed by atoms with Crippen LogP contribution in [-0.4, -0.2) is 17.1 Å². The summed E-state index contributed by atoms with van der Waals surface area (Å²) in [6.45, 7) is 5.86. The van der Waals surface area contributed by atoms with Crippen LogP contribution in [0, 0.1) is 5.92 Å². The zero-order valence-corrected chi connectivity index (χ0v) is 11.3. The van der Waals surface area contributed by atoms with Crippen molar-refractivity contribution in [1.29, 1.82) is 0 Å². The Hall–Kier alpha value is -1.61. The lowest BCUT2D eigenvalue weighted by molar-refractivity contribution is -0.131. The molecule has 1 aromatic rings. The first-order valence-electron chi connectivity index (χ1n) is 6.80. The highest BCUT2D eigenvalue weighted by Crippen LogP contribution is 2.32. The minimum absolute atomic E-state index is 0.0806. The Balaban J connectivity index is 1.95. The molecule has 2 rings (SSSR count). The average Bonchev–Trinajstić information content (AvgIpc) is 2.85. The lowest BCUT2D eigenvalue weighted by Gasteiger charge is -2.21. The van der Waals surface area contributed by atoms with Gasteiger partial charge in [-0.15, -0.1) is 0 Å². The minimum atomic E-state index is -0.971. The van der Waals surface area contributed by atoms with Gasteiger partial charge in [-0.25, -0.2) is 0 Å². The summed E-state index contributed by atoms with van der Waals surface area (Å²) < 4.78 is 0. The van der Waals surface area contributed by atoms with Gasteiger partial charge >= 0.3 is 0 Å². The van der Waals surface area contributed by atoms with Gasteiger partial charge in [0.2, 0.25) is 5.91 Å². The number of hydrogen-bond acceptors (Lipinski definition) is 2. The molecule has 1 aromatic carbocycles. The number of nitrogens with one attached hydrogen (secondary N) is 1. The van der Waals surface area contributed by atoms with Crippen molar-refractivity contribution in [2.24, 2.45) is 5.92 Å². The molecule has 3 atom stereocenters. The number of hydrogen-bond donors (Lipinski definition) is 2. The van der Waals surface area contributed by atoms with Gasteiger partial charge in [0.05, 0.1) is 6.04 Å². The zero-order chi connectivity index (χ0) is 13.8. The summed E-state index contributed by atoms with van der Waals surface area (Å²) in [6, 6.07) is 9.64. The second kappa shape index (κ2) is 6.02. The molecule has 3 heteroatoms. The summed E-state index contributed by atoms with van der Waals surface area (Å²) in [4.78, 5) is 12.1. The molecule has 0 bridgehead atoms. The lowest BCUT2D eigenvalue weighted by atomic mass is 9.96. The largest absolute Gasteiger partial charge is 0.383 e. The van der Waals surface area contributed by atoms with Crippen molar-refractivity contribution in [3.63, 3.8) is 0 Å². The highest BCUT2D eigenvalue weighted by Gasteiger charge is 2.31. The van der Waals surface area contributed by atoms with Crippen LogP contribution in [0.15, 0.2) is 42.5 Å². The van der Waals surface area contributed by atoms with E-state index in [1.807, 2.05) is 37.3 Å². The minimum Gasteiger partial charge on any atom is -0.383 e. The standard InChI is InChI=1S/C16H21NO2/c1-11-7-6-10-14(11)15(18)16(19)17-12(2)13-8-4-3-5-9-13/h3-5,8-9,12,14-15,18H,1,6-7,10H2,2H3,(H,17,19)/t12-,14-,15+/m0/s1. The van der Waals surface area contributed by atoms with Crippen LogP contribution in [-0.2, 0) is 4.79 Å². The smallest absolute Gasteiger partial charge is 0.249 e. The Morgan fingerprint density at radius 3 is 2.68 bits per heavy atom. The predicted octanol–water partition coefficient (Wildman–Crippen LogP) is 2.58. The van der Waals surface area contributed by atoms with Gasteiger partial charge in [0.1, 0.15) is 6.10 Å². The molecule has 2 N–H and O–H groups in total. The van der Waals surface area contributed by atoms with Crippen molar-refractivity contribution in [2.75, 3.05) is 0 Å². The van der Waals surface area contributed by atoms with Crippen LogP contribution >= 0.6 is 0 Å². The normalized spacial score (nSPS) is 22.0. The van der Waals surface area contributed by atoms with Gasteiger partial charge in [0.25, 0.3) is 0 Å². The van der Waals surface area contributed by atoms with Crippen LogP contribution in [0.2, 0.25) is 0 Å². The highest BCUT2D eigenvalue weighted by atomic mass is 16.3. The van der Waals surface area contributed by atoms with Crippen LogP contribution < -0.4 is 5.32 Å². The van der Waals surface area contributed by atoms with E-state index in [0.29, 0.717) is 0 Å². The molecule has 1 aliphatic rings. The van der Waals surface area contributed by atoms with Gasteiger partial charge < -0.3 is 10.4 Å². The van der Waals surface area contributed by atoms with Crippen molar-refractivity contribution in [3.8, 4) is 0 Å². The summed E-state index contributed by atoms with van der Waals surface area (Å²) in [5.74, 6) is -0.382. The summed E-state index contributed by atoms with van der Waals surface area (Å²) in [5, 5.41) is 13.0. The van der Waals surface area contributed by atoms with Gasteiger partial charge in [-0.05, 0) is 31.7 Å². The highest BCUT2D eigenvalue weighted by molar-refractivity contribution is 5.81. The maximum absolute atomic E-state index is 12.1. The van der Waals surface area contributed by atoms with Crippen LogP contribution in [0.5, 0.6) is 0 Å². The zero-order valence-electron chi connectivity index (χ0n) is 11.3. The molecule has 0 aliphatic heterocycles. The topological polar surface area (TPSA) is 49.3 Å². The second-order valence-electron chi connectivity index (χ2n) is 5.24. The molecular weight excluding hydrogens is 238 g/mol. The molecule has 0 aromatic heterocycles. The molecule has 0 radical (unpaired) electrons. The molecule has 102 valence electrons. The molecular formula is C16H21NO2. The van der Waals surface area contributed by atoms with Gasteiger partial charge in [-0.1, -0.05) is 42.5 Å². The first kappa shape index (κ1) is 13.8. The van der Waals surface area contributed by atoms with E-state index < -0.39 is 6.10 Å². The van der Waals surface area contributed by atoms with Crippen LogP contribution in [0.4, 0.5) is 0 Å². The first-order chi connectivity index (χ1) is 9.09. The number of aliphatic hydroxyl groups is 1. The Labute approximate surface area is 114 Å². The third kappa shape index (κ3) is 3.24. The molecule has 1 amide bonds. The molecule has 1 fully saturated rings. The number of amides is 1. The molecule has 0 spiro atoms. The van der Waals surface area contributed by atoms with Crippen LogP contribution in [0.1, 0.15) is 37.8 Å². The average molecular weight is 259 g/mol. The van der Waals surface area contributed by atoms with E-state index in [4.69, 9.17) is 0 Å². The summed E-state index contributed by atoms with van der Waals surface area (Å²) >= 11 is 0. The number of aliphatic hydroxyl groups excluding tert-OH is 1. The second-order valence-corrected chi connectivity index (χ2v) is 5.24. The quantitative estimate of drug-likeness (QED) is 0.816. The molecule has 3 nitrogen and oxygen atoms in total. The monoisotopic (exact) mass is 259 g/mol. The fraction of sp³-hybridized carbons (Fsp3) is 0.438. The van der Waals surface area contributed by atoms with E-state index in [1.165, 1.54) is 0 Å². The van der Waals surface area contributed by atoms with Crippen molar-refractivity contribution in [1.82, 2.24) is 5.32 Å². The van der Waals surface area contributed by atoms with Gasteiger partial charge in [0.15, 0.2) is 0 Å². The summed E-state index contributed by atoms with van der Waals surface area (Å²) in [5.41, 5.74) is 2.03. The summed E-state index contributed by atoms with van der Waals surface area (Å²) in [6.07, 6.45) is 1.82. The van der Waals surface area contributed by atoms with E-state index in [9.17, 15) is 9.90 Å². The summed E-state index contributed by atoms with van der Waals surface area (Å²) in [7, 11) is 0. The molecule has 1 aliphatic carbocycles. The maximum atomic E-state index is 12.1. The molecule has 0 heterocycles. The van der Waals surface area contributed by atoms with Crippen LogP contribution in [0.3, 0.4) is 0 Å². The van der Waals surface area contributed by atoms with E-state index in [0.717, 1.165) is 30.4 Å². The number of carbonyl (C=O) groups excluding carboxylic acids is 1. The Morgan fingerprint density at radius 2 is 2.11 bits per heavy atom. The van der Waals surface area contributed by atoms with Crippen molar-refractivity contribution in [3.05, 3.63) is 48.0 Å². The Kier molecular flexibility index (Phi) is 4.38. The fourth-order valence-corrected chi connectivity index (χ4v) is 2.63. The molecule has 0 unspecified atom stereocenters. The van der Waals surface area contributed by atoms with Gasteiger partial charge in [-0.2, -0.15) is 0 Å².